The van der Waals surface area contributed by atoms with Crippen molar-refractivity contribution in [2.45, 2.75) is 13.8 Å². The zero-order valence-corrected chi connectivity index (χ0v) is 9.40. The summed E-state index contributed by atoms with van der Waals surface area (Å²) < 4.78 is 5.12. The lowest BCUT2D eigenvalue weighted by Crippen LogP contribution is -1.97. The van der Waals surface area contributed by atoms with Crippen LogP contribution in [-0.2, 0) is 0 Å². The molecule has 4 nitrogen and oxygen atoms in total. The van der Waals surface area contributed by atoms with Crippen molar-refractivity contribution >= 4 is 11.0 Å². The molecule has 0 unspecified atom stereocenters. The van der Waals surface area contributed by atoms with E-state index in [4.69, 9.17) is 10.00 Å². The molecule has 2 rings (SSSR count). The molecule has 16 heavy (non-hydrogen) atoms. The first kappa shape index (κ1) is 10.4. The molecule has 0 amide bonds. The number of aryl methyl sites for hydroxylation is 2. The number of hydrogen-bond donors (Lipinski definition) is 0. The van der Waals surface area contributed by atoms with E-state index in [0.29, 0.717) is 16.8 Å². The first-order valence-corrected chi connectivity index (χ1v) is 4.89. The minimum absolute atomic E-state index is 0.440. The Kier molecular flexibility index (Phi) is 2.45. The lowest BCUT2D eigenvalue weighted by Gasteiger charge is -2.07. The summed E-state index contributed by atoms with van der Waals surface area (Å²) in [4.78, 5) is 8.78. The normalized spacial score (nSPS) is 10.1. The molecule has 1 aromatic heterocycles. The van der Waals surface area contributed by atoms with Crippen molar-refractivity contribution in [1.82, 2.24) is 9.97 Å². The summed E-state index contributed by atoms with van der Waals surface area (Å²) in [6, 6.07) is 5.66. The third kappa shape index (κ3) is 1.47. The van der Waals surface area contributed by atoms with E-state index < -0.39 is 0 Å². The molecule has 2 aromatic rings. The average Bonchev–Trinajstić information content (AvgIpc) is 2.29. The van der Waals surface area contributed by atoms with Crippen LogP contribution >= 0.6 is 0 Å². The van der Waals surface area contributed by atoms with Gasteiger partial charge < -0.3 is 4.74 Å². The van der Waals surface area contributed by atoms with Gasteiger partial charge in [-0.1, -0.05) is 0 Å². The van der Waals surface area contributed by atoms with Gasteiger partial charge in [-0.2, -0.15) is 5.26 Å². The molecule has 1 heterocycles. The van der Waals surface area contributed by atoms with Crippen LogP contribution in [-0.4, -0.2) is 17.1 Å². The largest absolute Gasteiger partial charge is 0.495 e. The van der Waals surface area contributed by atoms with E-state index in [1.165, 1.54) is 7.11 Å². The molecule has 0 saturated carbocycles. The van der Waals surface area contributed by atoms with Gasteiger partial charge in [-0.15, -0.1) is 0 Å². The lowest BCUT2D eigenvalue weighted by molar-refractivity contribution is 0.414. The molecule has 1 aromatic carbocycles. The smallest absolute Gasteiger partial charge is 0.138 e. The first-order valence-electron chi connectivity index (χ1n) is 4.89. The van der Waals surface area contributed by atoms with Gasteiger partial charge in [0.05, 0.1) is 24.0 Å². The third-order valence-electron chi connectivity index (χ3n) is 2.54. The fourth-order valence-electron chi connectivity index (χ4n) is 1.55. The maximum Gasteiger partial charge on any atom is 0.138 e. The molecule has 0 bridgehead atoms. The number of hydrogen-bond acceptors (Lipinski definition) is 4. The maximum absolute atomic E-state index is 9.11. The topological polar surface area (TPSA) is 58.8 Å². The molecule has 0 fully saturated rings. The second-order valence-corrected chi connectivity index (χ2v) is 3.52. The predicted molar refractivity (Wildman–Crippen MR) is 60.3 cm³/mol. The Morgan fingerprint density at radius 2 is 1.88 bits per heavy atom. The van der Waals surface area contributed by atoms with Crippen molar-refractivity contribution in [3.05, 3.63) is 29.1 Å². The number of fused-ring (bicyclic) bond motifs is 1. The summed E-state index contributed by atoms with van der Waals surface area (Å²) in [7, 11) is 1.54. The van der Waals surface area contributed by atoms with Crippen molar-refractivity contribution < 1.29 is 4.74 Å². The van der Waals surface area contributed by atoms with Gasteiger partial charge >= 0.3 is 0 Å². The fraction of sp³-hybridized carbons (Fsp3) is 0.250. The van der Waals surface area contributed by atoms with Crippen LogP contribution in [0.3, 0.4) is 0 Å². The standard InChI is InChI=1S/C12H11N3O/c1-7-8(2)15-12-9(6-13)11(16-3)5-4-10(12)14-7/h4-5H,1-3H3. The van der Waals surface area contributed by atoms with Gasteiger partial charge in [0.1, 0.15) is 22.9 Å². The molecular weight excluding hydrogens is 202 g/mol. The molecule has 0 N–H and O–H groups in total. The minimum Gasteiger partial charge on any atom is -0.495 e. The average molecular weight is 213 g/mol. The Morgan fingerprint density at radius 1 is 1.19 bits per heavy atom. The Hall–Kier alpha value is -2.15. The highest BCUT2D eigenvalue weighted by Crippen LogP contribution is 2.25. The molecule has 4 heteroatoms. The Morgan fingerprint density at radius 3 is 2.50 bits per heavy atom. The number of methoxy groups -OCH3 is 1. The zero-order valence-electron chi connectivity index (χ0n) is 9.40. The van der Waals surface area contributed by atoms with E-state index in [1.807, 2.05) is 19.9 Å². The summed E-state index contributed by atoms with van der Waals surface area (Å²) in [5.74, 6) is 0.535. The van der Waals surface area contributed by atoms with Crippen LogP contribution < -0.4 is 4.74 Å². The van der Waals surface area contributed by atoms with Gasteiger partial charge in [0.2, 0.25) is 0 Å². The van der Waals surface area contributed by atoms with Gasteiger partial charge in [0.15, 0.2) is 0 Å². The van der Waals surface area contributed by atoms with Crippen molar-refractivity contribution in [2.24, 2.45) is 0 Å². The van der Waals surface area contributed by atoms with Crippen molar-refractivity contribution in [3.8, 4) is 11.8 Å². The molecule has 0 aliphatic carbocycles. The number of rotatable bonds is 1. The molecule has 0 atom stereocenters. The predicted octanol–water partition coefficient (Wildman–Crippen LogP) is 2.13. The van der Waals surface area contributed by atoms with E-state index in [-0.39, 0.29) is 0 Å². The number of aromatic nitrogens is 2. The Balaban J connectivity index is 2.88. The van der Waals surface area contributed by atoms with Gasteiger partial charge in [-0.05, 0) is 26.0 Å². The van der Waals surface area contributed by atoms with Crippen LogP contribution in [0.4, 0.5) is 0 Å². The molecule has 0 aliphatic heterocycles. The first-order chi connectivity index (χ1) is 7.67. The van der Waals surface area contributed by atoms with E-state index in [9.17, 15) is 0 Å². The minimum atomic E-state index is 0.440. The monoisotopic (exact) mass is 213 g/mol. The molecule has 0 radical (unpaired) electrons. The van der Waals surface area contributed by atoms with Crippen molar-refractivity contribution in [1.29, 1.82) is 5.26 Å². The Labute approximate surface area is 93.5 Å². The fourth-order valence-corrected chi connectivity index (χ4v) is 1.55. The van der Waals surface area contributed by atoms with Crippen LogP contribution in [0.2, 0.25) is 0 Å². The summed E-state index contributed by atoms with van der Waals surface area (Å²) >= 11 is 0. The highest BCUT2D eigenvalue weighted by Gasteiger charge is 2.11. The van der Waals surface area contributed by atoms with Gasteiger partial charge in [-0.3, -0.25) is 0 Å². The van der Waals surface area contributed by atoms with E-state index in [0.717, 1.165) is 16.9 Å². The molecule has 80 valence electrons. The maximum atomic E-state index is 9.11. The van der Waals surface area contributed by atoms with E-state index in [2.05, 4.69) is 16.0 Å². The number of nitriles is 1. The van der Waals surface area contributed by atoms with Crippen molar-refractivity contribution in [3.63, 3.8) is 0 Å². The molecule has 0 aliphatic rings. The van der Waals surface area contributed by atoms with E-state index in [1.54, 1.807) is 6.07 Å². The SMILES string of the molecule is COc1ccc2nc(C)c(C)nc2c1C#N. The third-order valence-corrected chi connectivity index (χ3v) is 2.54. The van der Waals surface area contributed by atoms with Gasteiger partial charge in [-0.25, -0.2) is 9.97 Å². The summed E-state index contributed by atoms with van der Waals surface area (Å²) in [6.45, 7) is 3.78. The quantitative estimate of drug-likeness (QED) is 0.728. The highest BCUT2D eigenvalue weighted by atomic mass is 16.5. The number of ether oxygens (including phenoxy) is 1. The second kappa shape index (κ2) is 3.78. The second-order valence-electron chi connectivity index (χ2n) is 3.52. The van der Waals surface area contributed by atoms with Crippen LogP contribution in [0.5, 0.6) is 5.75 Å². The van der Waals surface area contributed by atoms with Crippen molar-refractivity contribution in [2.75, 3.05) is 7.11 Å². The zero-order chi connectivity index (χ0) is 11.7. The van der Waals surface area contributed by atoms with E-state index >= 15 is 0 Å². The molecular formula is C12H11N3O. The summed E-state index contributed by atoms with van der Waals surface area (Å²) in [5, 5.41) is 9.11. The molecule has 0 saturated heterocycles. The van der Waals surface area contributed by atoms with Crippen LogP contribution in [0, 0.1) is 25.2 Å². The van der Waals surface area contributed by atoms with Gasteiger partial charge in [0, 0.05) is 0 Å². The highest BCUT2D eigenvalue weighted by molar-refractivity contribution is 5.83. The van der Waals surface area contributed by atoms with Crippen LogP contribution in [0.15, 0.2) is 12.1 Å². The number of benzene rings is 1. The van der Waals surface area contributed by atoms with Gasteiger partial charge in [0.25, 0.3) is 0 Å². The van der Waals surface area contributed by atoms with Crippen LogP contribution in [0.1, 0.15) is 17.0 Å². The molecule has 0 spiro atoms. The summed E-state index contributed by atoms with van der Waals surface area (Å²) in [6.07, 6.45) is 0. The lowest BCUT2D eigenvalue weighted by atomic mass is 10.1. The summed E-state index contributed by atoms with van der Waals surface area (Å²) in [5.41, 5.74) is 3.47. The number of nitrogens with zero attached hydrogens (tertiary/aromatic N) is 3. The Bertz CT molecular complexity index is 599. The van der Waals surface area contributed by atoms with Crippen LogP contribution in [0.25, 0.3) is 11.0 Å².